The van der Waals surface area contributed by atoms with Crippen LogP contribution in [0, 0.1) is 0 Å². The van der Waals surface area contributed by atoms with Crippen LogP contribution in [-0.2, 0) is 9.84 Å². The van der Waals surface area contributed by atoms with E-state index >= 15 is 0 Å². The van der Waals surface area contributed by atoms with Crippen molar-refractivity contribution in [3.8, 4) is 0 Å². The molecule has 3 nitrogen and oxygen atoms in total. The van der Waals surface area contributed by atoms with E-state index in [-0.39, 0.29) is 5.88 Å². The fourth-order valence-corrected chi connectivity index (χ4v) is 2.97. The summed E-state index contributed by atoms with van der Waals surface area (Å²) in [5, 5.41) is 0. The van der Waals surface area contributed by atoms with Gasteiger partial charge in [0.25, 0.3) is 9.84 Å². The highest BCUT2D eigenvalue weighted by atomic mass is 35.5. The van der Waals surface area contributed by atoms with Crippen molar-refractivity contribution in [2.24, 2.45) is 4.99 Å². The van der Waals surface area contributed by atoms with Crippen LogP contribution in [0.25, 0.3) is 0 Å². The molecule has 1 aliphatic heterocycles. The van der Waals surface area contributed by atoms with Gasteiger partial charge in [-0.2, -0.15) is 13.2 Å². The van der Waals surface area contributed by atoms with E-state index in [1.807, 2.05) is 6.92 Å². The first-order valence-corrected chi connectivity index (χ1v) is 7.92. The van der Waals surface area contributed by atoms with Crippen molar-refractivity contribution in [2.45, 2.75) is 23.7 Å². The van der Waals surface area contributed by atoms with Gasteiger partial charge in [0.15, 0.2) is 0 Å². The van der Waals surface area contributed by atoms with E-state index in [1.54, 1.807) is 0 Å². The number of hydrogen-bond acceptors (Lipinski definition) is 3. The molecule has 1 aromatic rings. The number of nitrogens with zero attached hydrogens (tertiary/aromatic N) is 1. The average molecular weight is 338 g/mol. The third kappa shape index (κ3) is 2.98. The van der Waals surface area contributed by atoms with Gasteiger partial charge in [-0.1, -0.05) is 12.1 Å². The van der Waals surface area contributed by atoms with Gasteiger partial charge in [0.05, 0.1) is 22.2 Å². The standard InChI is InChI=1S/C13H11ClF3NO2S/c1-8-6-11(18-12(8)7-14)9-2-4-10(5-3-9)21(19,20)13(15,16)17/h2-5H,6-7H2,1H3. The van der Waals surface area contributed by atoms with Crippen molar-refractivity contribution in [1.82, 2.24) is 0 Å². The molecular formula is C13H11ClF3NO2S. The highest BCUT2D eigenvalue weighted by Gasteiger charge is 2.46. The molecule has 0 atom stereocenters. The van der Waals surface area contributed by atoms with E-state index in [0.717, 1.165) is 23.4 Å². The van der Waals surface area contributed by atoms with E-state index in [9.17, 15) is 21.6 Å². The second-order valence-corrected chi connectivity index (χ2v) is 6.78. The Morgan fingerprint density at radius 3 is 2.24 bits per heavy atom. The molecule has 0 saturated carbocycles. The number of halogens is 4. The average Bonchev–Trinajstić information content (AvgIpc) is 2.79. The molecule has 0 bridgehead atoms. The molecule has 21 heavy (non-hydrogen) atoms. The van der Waals surface area contributed by atoms with E-state index in [0.29, 0.717) is 17.7 Å². The SMILES string of the molecule is CC1=C(CCl)N=C(c2ccc(S(=O)(=O)C(F)(F)F)cc2)C1. The summed E-state index contributed by atoms with van der Waals surface area (Å²) < 4.78 is 59.8. The highest BCUT2D eigenvalue weighted by Crippen LogP contribution is 2.31. The molecule has 1 aromatic carbocycles. The normalized spacial score (nSPS) is 16.3. The van der Waals surface area contributed by atoms with Crippen molar-refractivity contribution in [3.63, 3.8) is 0 Å². The first-order chi connectivity index (χ1) is 9.66. The summed E-state index contributed by atoms with van der Waals surface area (Å²) in [6, 6.07) is 4.52. The lowest BCUT2D eigenvalue weighted by molar-refractivity contribution is -0.0436. The molecule has 0 N–H and O–H groups in total. The monoisotopic (exact) mass is 337 g/mol. The lowest BCUT2D eigenvalue weighted by Crippen LogP contribution is -2.23. The first kappa shape index (κ1) is 16.0. The van der Waals surface area contributed by atoms with Crippen molar-refractivity contribution >= 4 is 27.1 Å². The molecule has 0 spiro atoms. The molecule has 8 heteroatoms. The number of sulfone groups is 1. The van der Waals surface area contributed by atoms with Crippen LogP contribution < -0.4 is 0 Å². The molecule has 114 valence electrons. The topological polar surface area (TPSA) is 46.5 Å². The summed E-state index contributed by atoms with van der Waals surface area (Å²) in [5.41, 5.74) is -2.33. The summed E-state index contributed by atoms with van der Waals surface area (Å²) in [4.78, 5) is 3.51. The predicted molar refractivity (Wildman–Crippen MR) is 74.3 cm³/mol. The van der Waals surface area contributed by atoms with Crippen molar-refractivity contribution < 1.29 is 21.6 Å². The molecule has 0 unspecified atom stereocenters. The van der Waals surface area contributed by atoms with Gasteiger partial charge in [-0.15, -0.1) is 11.6 Å². The Morgan fingerprint density at radius 1 is 1.24 bits per heavy atom. The maximum atomic E-state index is 12.4. The maximum Gasteiger partial charge on any atom is 0.501 e. The van der Waals surface area contributed by atoms with E-state index in [4.69, 9.17) is 11.6 Å². The summed E-state index contributed by atoms with van der Waals surface area (Å²) in [5.74, 6) is 0.260. The Morgan fingerprint density at radius 2 is 1.81 bits per heavy atom. The molecule has 0 radical (unpaired) electrons. The largest absolute Gasteiger partial charge is 0.501 e. The second-order valence-electron chi connectivity index (χ2n) is 4.57. The minimum absolute atomic E-state index is 0.260. The number of allylic oxidation sites excluding steroid dienone is 2. The van der Waals surface area contributed by atoms with Crippen LogP contribution in [0.4, 0.5) is 13.2 Å². The van der Waals surface area contributed by atoms with Gasteiger partial charge in [0.2, 0.25) is 0 Å². The lowest BCUT2D eigenvalue weighted by atomic mass is 10.1. The number of hydrogen-bond donors (Lipinski definition) is 0. The van der Waals surface area contributed by atoms with Crippen LogP contribution in [0.1, 0.15) is 18.9 Å². The van der Waals surface area contributed by atoms with Crippen LogP contribution in [0.2, 0.25) is 0 Å². The zero-order valence-corrected chi connectivity index (χ0v) is 12.5. The Kier molecular flexibility index (Phi) is 4.17. The van der Waals surface area contributed by atoms with Crippen LogP contribution >= 0.6 is 11.6 Å². The summed E-state index contributed by atoms with van der Waals surface area (Å²) >= 11 is 5.72. The molecule has 0 aromatic heterocycles. The van der Waals surface area contributed by atoms with Crippen LogP contribution in [0.15, 0.2) is 45.4 Å². The van der Waals surface area contributed by atoms with Gasteiger partial charge >= 0.3 is 5.51 Å². The van der Waals surface area contributed by atoms with Crippen LogP contribution in [-0.4, -0.2) is 25.5 Å². The number of aliphatic imine (C=N–C) groups is 1. The minimum Gasteiger partial charge on any atom is -0.256 e. The maximum absolute atomic E-state index is 12.4. The quantitative estimate of drug-likeness (QED) is 0.790. The Balaban J connectivity index is 2.31. The minimum atomic E-state index is -5.31. The van der Waals surface area contributed by atoms with Crippen LogP contribution in [0.5, 0.6) is 0 Å². The third-order valence-corrected chi connectivity index (χ3v) is 4.88. The molecule has 1 heterocycles. The van der Waals surface area contributed by atoms with Crippen molar-refractivity contribution in [3.05, 3.63) is 41.1 Å². The summed E-state index contributed by atoms with van der Waals surface area (Å²) in [6.45, 7) is 1.87. The number of alkyl halides is 4. The Bertz CT molecular complexity index is 719. The summed E-state index contributed by atoms with van der Waals surface area (Å²) in [7, 11) is -5.31. The van der Waals surface area contributed by atoms with Crippen molar-refractivity contribution in [1.29, 1.82) is 0 Å². The smallest absolute Gasteiger partial charge is 0.256 e. The second kappa shape index (κ2) is 5.46. The zero-order valence-electron chi connectivity index (χ0n) is 10.9. The third-order valence-electron chi connectivity index (χ3n) is 3.12. The molecule has 0 aliphatic carbocycles. The molecule has 2 rings (SSSR count). The Hall–Kier alpha value is -1.34. The highest BCUT2D eigenvalue weighted by molar-refractivity contribution is 7.92. The fraction of sp³-hybridized carbons (Fsp3) is 0.308. The predicted octanol–water partition coefficient (Wildman–Crippen LogP) is 3.69. The van der Waals surface area contributed by atoms with Crippen molar-refractivity contribution in [2.75, 3.05) is 5.88 Å². The van der Waals surface area contributed by atoms with Gasteiger partial charge in [-0.3, -0.25) is 4.99 Å². The number of benzene rings is 1. The van der Waals surface area contributed by atoms with Gasteiger partial charge in [-0.05, 0) is 30.2 Å². The molecule has 0 amide bonds. The summed E-state index contributed by atoms with van der Waals surface area (Å²) in [6.07, 6.45) is 0.549. The molecular weight excluding hydrogens is 327 g/mol. The molecule has 0 fully saturated rings. The molecule has 0 saturated heterocycles. The van der Waals surface area contributed by atoms with Gasteiger partial charge < -0.3 is 0 Å². The van der Waals surface area contributed by atoms with Crippen LogP contribution in [0.3, 0.4) is 0 Å². The fourth-order valence-electron chi connectivity index (χ4n) is 1.92. The first-order valence-electron chi connectivity index (χ1n) is 5.91. The van der Waals surface area contributed by atoms with E-state index in [2.05, 4.69) is 4.99 Å². The van der Waals surface area contributed by atoms with Gasteiger partial charge in [-0.25, -0.2) is 8.42 Å². The van der Waals surface area contributed by atoms with E-state index < -0.39 is 20.2 Å². The number of rotatable bonds is 3. The zero-order chi connectivity index (χ0) is 15.8. The lowest BCUT2D eigenvalue weighted by Gasteiger charge is -2.08. The van der Waals surface area contributed by atoms with Gasteiger partial charge in [0, 0.05) is 6.42 Å². The van der Waals surface area contributed by atoms with E-state index in [1.165, 1.54) is 12.1 Å². The van der Waals surface area contributed by atoms with Gasteiger partial charge in [0.1, 0.15) is 0 Å². The Labute approximate surface area is 125 Å². The molecule has 1 aliphatic rings.